The number of carbonyl (C=O) groups is 1. The zero-order valence-electron chi connectivity index (χ0n) is 8.92. The number of halogens is 1. The van der Waals surface area contributed by atoms with Gasteiger partial charge in [0.05, 0.1) is 5.56 Å². The molecular weight excluding hydrogens is 230 g/mol. The monoisotopic (exact) mass is 243 g/mol. The molecule has 0 radical (unpaired) electrons. The second-order valence-corrected chi connectivity index (χ2v) is 2.87. The van der Waals surface area contributed by atoms with E-state index in [4.69, 9.17) is 9.94 Å². The van der Waals surface area contributed by atoms with Crippen LogP contribution in [0.25, 0.3) is 0 Å². The molecule has 0 aromatic heterocycles. The number of benzene rings is 1. The van der Waals surface area contributed by atoms with Crippen LogP contribution in [0.1, 0.15) is 22.8 Å². The summed E-state index contributed by atoms with van der Waals surface area (Å²) >= 11 is 0. The number of carboxylic acids is 1. The third-order valence-electron chi connectivity index (χ3n) is 1.84. The standard InChI is InChI=1S/C11H13NO3.ClH/c1-2-15-12-8-7-9-5-3-4-6-10(9)11(13)14;/h3-6,8H,2,7H2,1H3,(H,13,14);1H. The van der Waals surface area contributed by atoms with Gasteiger partial charge in [-0.2, -0.15) is 0 Å². The highest BCUT2D eigenvalue weighted by Crippen LogP contribution is 2.08. The molecule has 0 amide bonds. The molecule has 1 aromatic carbocycles. The van der Waals surface area contributed by atoms with Crippen LogP contribution in [0.15, 0.2) is 29.4 Å². The SMILES string of the molecule is CCON=CCc1ccccc1C(=O)O.Cl. The van der Waals surface area contributed by atoms with Gasteiger partial charge in [-0.15, -0.1) is 12.4 Å². The summed E-state index contributed by atoms with van der Waals surface area (Å²) in [7, 11) is 0. The lowest BCUT2D eigenvalue weighted by molar-refractivity contribution is 0.0696. The molecule has 0 unspecified atom stereocenters. The summed E-state index contributed by atoms with van der Waals surface area (Å²) in [6, 6.07) is 6.84. The molecule has 4 nitrogen and oxygen atoms in total. The normalized spacial score (nSPS) is 9.81. The highest BCUT2D eigenvalue weighted by molar-refractivity contribution is 5.90. The zero-order valence-corrected chi connectivity index (χ0v) is 9.74. The Labute approximate surface area is 100 Å². The molecule has 0 heterocycles. The van der Waals surface area contributed by atoms with Crippen LogP contribution in [0.2, 0.25) is 0 Å². The quantitative estimate of drug-likeness (QED) is 0.638. The predicted molar refractivity (Wildman–Crippen MR) is 64.5 cm³/mol. The number of hydrogen-bond acceptors (Lipinski definition) is 3. The summed E-state index contributed by atoms with van der Waals surface area (Å²) in [6.07, 6.45) is 2.02. The predicted octanol–water partition coefficient (Wildman–Crippen LogP) is 2.37. The van der Waals surface area contributed by atoms with Crippen LogP contribution in [0.3, 0.4) is 0 Å². The lowest BCUT2D eigenvalue weighted by Crippen LogP contribution is -2.02. The van der Waals surface area contributed by atoms with Crippen molar-refractivity contribution in [3.05, 3.63) is 35.4 Å². The first-order valence-electron chi connectivity index (χ1n) is 4.70. The molecule has 0 aliphatic rings. The number of hydrogen-bond donors (Lipinski definition) is 1. The zero-order chi connectivity index (χ0) is 11.1. The first-order valence-corrected chi connectivity index (χ1v) is 4.70. The number of nitrogens with zero attached hydrogens (tertiary/aromatic N) is 1. The molecule has 0 aliphatic carbocycles. The van der Waals surface area contributed by atoms with Crippen molar-refractivity contribution in [1.29, 1.82) is 0 Å². The van der Waals surface area contributed by atoms with Gasteiger partial charge in [0.15, 0.2) is 0 Å². The van der Waals surface area contributed by atoms with E-state index in [1.54, 1.807) is 30.5 Å². The topological polar surface area (TPSA) is 58.9 Å². The van der Waals surface area contributed by atoms with Crippen LogP contribution in [0.4, 0.5) is 0 Å². The summed E-state index contributed by atoms with van der Waals surface area (Å²) in [4.78, 5) is 15.6. The minimum Gasteiger partial charge on any atom is -0.478 e. The Hall–Kier alpha value is -1.55. The molecule has 0 atom stereocenters. The van der Waals surface area contributed by atoms with Gasteiger partial charge in [0.25, 0.3) is 0 Å². The van der Waals surface area contributed by atoms with Gasteiger partial charge >= 0.3 is 5.97 Å². The minimum atomic E-state index is -0.921. The molecule has 0 spiro atoms. The number of aromatic carboxylic acids is 1. The van der Waals surface area contributed by atoms with Crippen molar-refractivity contribution >= 4 is 24.6 Å². The Kier molecular flexibility index (Phi) is 6.96. The molecule has 1 N–H and O–H groups in total. The molecule has 5 heteroatoms. The Morgan fingerprint density at radius 1 is 1.50 bits per heavy atom. The van der Waals surface area contributed by atoms with E-state index in [1.807, 2.05) is 6.92 Å². The van der Waals surface area contributed by atoms with Crippen molar-refractivity contribution in [3.63, 3.8) is 0 Å². The lowest BCUT2D eigenvalue weighted by Gasteiger charge is -2.01. The van der Waals surface area contributed by atoms with Crippen molar-refractivity contribution in [1.82, 2.24) is 0 Å². The minimum absolute atomic E-state index is 0. The maximum atomic E-state index is 10.8. The van der Waals surface area contributed by atoms with Gasteiger partial charge < -0.3 is 9.94 Å². The first kappa shape index (κ1) is 14.5. The number of carboxylic acid groups (broad SMARTS) is 1. The van der Waals surface area contributed by atoms with Crippen molar-refractivity contribution in [3.8, 4) is 0 Å². The molecule has 16 heavy (non-hydrogen) atoms. The van der Waals surface area contributed by atoms with Gasteiger partial charge in [0.2, 0.25) is 0 Å². The Balaban J connectivity index is 0.00000225. The molecule has 88 valence electrons. The van der Waals surface area contributed by atoms with Crippen molar-refractivity contribution in [2.45, 2.75) is 13.3 Å². The van der Waals surface area contributed by atoms with Gasteiger partial charge in [-0.05, 0) is 18.6 Å². The van der Waals surface area contributed by atoms with E-state index in [0.717, 1.165) is 5.56 Å². The van der Waals surface area contributed by atoms with E-state index < -0.39 is 5.97 Å². The fraction of sp³-hybridized carbons (Fsp3) is 0.273. The highest BCUT2D eigenvalue weighted by Gasteiger charge is 2.06. The highest BCUT2D eigenvalue weighted by atomic mass is 35.5. The van der Waals surface area contributed by atoms with Crippen LogP contribution in [0, 0.1) is 0 Å². The molecule has 0 bridgehead atoms. The van der Waals surface area contributed by atoms with E-state index in [2.05, 4.69) is 5.16 Å². The molecular formula is C11H14ClNO3. The van der Waals surface area contributed by atoms with E-state index in [-0.39, 0.29) is 12.4 Å². The Morgan fingerprint density at radius 3 is 2.81 bits per heavy atom. The molecule has 1 aromatic rings. The average Bonchev–Trinajstić information content (AvgIpc) is 2.25. The van der Waals surface area contributed by atoms with Crippen molar-refractivity contribution in [2.24, 2.45) is 5.16 Å². The summed E-state index contributed by atoms with van der Waals surface area (Å²) in [5.74, 6) is -0.921. The second-order valence-electron chi connectivity index (χ2n) is 2.87. The van der Waals surface area contributed by atoms with Gasteiger partial charge in [0.1, 0.15) is 6.61 Å². The average molecular weight is 244 g/mol. The van der Waals surface area contributed by atoms with Crippen LogP contribution >= 0.6 is 12.4 Å². The van der Waals surface area contributed by atoms with Gasteiger partial charge in [-0.25, -0.2) is 4.79 Å². The molecule has 0 fully saturated rings. The second kappa shape index (κ2) is 7.70. The molecule has 1 rings (SSSR count). The molecule has 0 saturated heterocycles. The van der Waals surface area contributed by atoms with Gasteiger partial charge in [0, 0.05) is 12.6 Å². The van der Waals surface area contributed by atoms with Gasteiger partial charge in [-0.1, -0.05) is 23.4 Å². The fourth-order valence-corrected chi connectivity index (χ4v) is 1.17. The first-order chi connectivity index (χ1) is 7.25. The van der Waals surface area contributed by atoms with E-state index in [9.17, 15) is 4.79 Å². The summed E-state index contributed by atoms with van der Waals surface area (Å²) < 4.78 is 0. The largest absolute Gasteiger partial charge is 0.478 e. The van der Waals surface area contributed by atoms with E-state index >= 15 is 0 Å². The Bertz CT molecular complexity index is 366. The third-order valence-corrected chi connectivity index (χ3v) is 1.84. The summed E-state index contributed by atoms with van der Waals surface area (Å²) in [5.41, 5.74) is 1.04. The van der Waals surface area contributed by atoms with Crippen LogP contribution < -0.4 is 0 Å². The smallest absolute Gasteiger partial charge is 0.335 e. The van der Waals surface area contributed by atoms with E-state index in [0.29, 0.717) is 18.6 Å². The lowest BCUT2D eigenvalue weighted by atomic mass is 10.1. The maximum Gasteiger partial charge on any atom is 0.335 e. The summed E-state index contributed by atoms with van der Waals surface area (Å²) in [6.45, 7) is 2.35. The van der Waals surface area contributed by atoms with E-state index in [1.165, 1.54) is 0 Å². The Morgan fingerprint density at radius 2 is 2.19 bits per heavy atom. The summed E-state index contributed by atoms with van der Waals surface area (Å²) in [5, 5.41) is 12.6. The van der Waals surface area contributed by atoms with Crippen molar-refractivity contribution in [2.75, 3.05) is 6.61 Å². The van der Waals surface area contributed by atoms with Gasteiger partial charge in [-0.3, -0.25) is 0 Å². The molecule has 0 aliphatic heterocycles. The maximum absolute atomic E-state index is 10.8. The number of rotatable bonds is 5. The third kappa shape index (κ3) is 4.31. The van der Waals surface area contributed by atoms with Crippen LogP contribution in [-0.2, 0) is 11.3 Å². The van der Waals surface area contributed by atoms with Crippen molar-refractivity contribution < 1.29 is 14.7 Å². The van der Waals surface area contributed by atoms with Crippen LogP contribution in [-0.4, -0.2) is 23.9 Å². The van der Waals surface area contributed by atoms with Crippen LogP contribution in [0.5, 0.6) is 0 Å². The number of oxime groups is 1. The molecule has 0 saturated carbocycles. The fourth-order valence-electron chi connectivity index (χ4n) is 1.17.